The minimum Gasteiger partial charge on any atom is -0.332 e. The zero-order valence-corrected chi connectivity index (χ0v) is 15.5. The van der Waals surface area contributed by atoms with Crippen LogP contribution in [0.4, 0.5) is 16.0 Å². The number of nitrogens with two attached hydrogens (primary N) is 1. The quantitative estimate of drug-likeness (QED) is 0.555. The van der Waals surface area contributed by atoms with Crippen molar-refractivity contribution in [3.05, 3.63) is 66.2 Å². The number of anilines is 2. The van der Waals surface area contributed by atoms with E-state index in [4.69, 9.17) is 17.4 Å². The van der Waals surface area contributed by atoms with Crippen molar-refractivity contribution in [2.45, 2.75) is 11.4 Å². The lowest BCUT2D eigenvalue weighted by Gasteiger charge is -2.08. The molecule has 0 aliphatic rings. The Bertz CT molecular complexity index is 1070. The van der Waals surface area contributed by atoms with Gasteiger partial charge in [-0.2, -0.15) is 0 Å². The number of nitrogens with zero attached hydrogens (tertiary/aromatic N) is 3. The van der Waals surface area contributed by atoms with Crippen molar-refractivity contribution in [3.63, 3.8) is 0 Å². The number of halogens is 1. The van der Waals surface area contributed by atoms with E-state index in [9.17, 15) is 12.8 Å². The van der Waals surface area contributed by atoms with Crippen molar-refractivity contribution in [1.29, 1.82) is 0 Å². The molecule has 11 heteroatoms. The second-order valence-electron chi connectivity index (χ2n) is 5.54. The molecule has 0 bridgehead atoms. The highest BCUT2D eigenvalue weighted by Crippen LogP contribution is 2.13. The van der Waals surface area contributed by atoms with Crippen LogP contribution in [-0.4, -0.2) is 28.3 Å². The molecule has 0 amide bonds. The average Bonchev–Trinajstić information content (AvgIpc) is 3.01. The van der Waals surface area contributed by atoms with Gasteiger partial charge in [-0.1, -0.05) is 12.1 Å². The summed E-state index contributed by atoms with van der Waals surface area (Å²) in [6.07, 6.45) is 1.50. The van der Waals surface area contributed by atoms with E-state index in [1.807, 2.05) is 0 Å². The van der Waals surface area contributed by atoms with E-state index in [0.717, 1.165) is 5.56 Å². The van der Waals surface area contributed by atoms with Crippen LogP contribution in [0.2, 0.25) is 0 Å². The summed E-state index contributed by atoms with van der Waals surface area (Å²) in [4.78, 5) is 4.09. The maximum Gasteiger partial charge on any atom is 0.248 e. The molecule has 1 aromatic heterocycles. The lowest BCUT2D eigenvalue weighted by molar-refractivity contribution is 0.598. The second-order valence-corrected chi connectivity index (χ2v) is 7.51. The molecule has 1 heterocycles. The van der Waals surface area contributed by atoms with Gasteiger partial charge in [-0.05, 0) is 54.2 Å². The standard InChI is InChI=1S/C16H15FN6O2S2/c17-12-3-1-2-11(8-12)9-23-10-19-15(22-23)21-16(26)20-13-4-6-14(7-5-13)27(18,24)25/h1-8,10H,9H2,(H2,18,24,25)(H2,20,21,22,26). The minimum absolute atomic E-state index is 0.00434. The lowest BCUT2D eigenvalue weighted by atomic mass is 10.2. The zero-order chi connectivity index (χ0) is 19.4. The number of primary sulfonamides is 1. The largest absolute Gasteiger partial charge is 0.332 e. The molecule has 27 heavy (non-hydrogen) atoms. The van der Waals surface area contributed by atoms with Crippen molar-refractivity contribution < 1.29 is 12.8 Å². The number of thiocarbonyl (C=S) groups is 1. The summed E-state index contributed by atoms with van der Waals surface area (Å²) in [5.41, 5.74) is 1.32. The molecule has 0 radical (unpaired) electrons. The third-order valence-corrected chi connectivity index (χ3v) is 4.57. The summed E-state index contributed by atoms with van der Waals surface area (Å²) in [5.74, 6) is -0.0464. The van der Waals surface area contributed by atoms with E-state index >= 15 is 0 Å². The molecule has 140 valence electrons. The van der Waals surface area contributed by atoms with E-state index in [0.29, 0.717) is 12.2 Å². The van der Waals surface area contributed by atoms with Gasteiger partial charge in [0.05, 0.1) is 11.4 Å². The third kappa shape index (κ3) is 5.29. The van der Waals surface area contributed by atoms with Gasteiger partial charge in [-0.3, -0.25) is 5.32 Å². The van der Waals surface area contributed by atoms with Crippen LogP contribution >= 0.6 is 12.2 Å². The number of hydrogen-bond donors (Lipinski definition) is 3. The monoisotopic (exact) mass is 406 g/mol. The van der Waals surface area contributed by atoms with Gasteiger partial charge in [0.25, 0.3) is 0 Å². The fourth-order valence-corrected chi connectivity index (χ4v) is 2.97. The Hall–Kier alpha value is -2.89. The van der Waals surface area contributed by atoms with Gasteiger partial charge >= 0.3 is 0 Å². The van der Waals surface area contributed by atoms with Crippen molar-refractivity contribution in [3.8, 4) is 0 Å². The summed E-state index contributed by atoms with van der Waals surface area (Å²) < 4.78 is 37.2. The van der Waals surface area contributed by atoms with Gasteiger partial charge in [0.2, 0.25) is 16.0 Å². The molecule has 0 saturated carbocycles. The van der Waals surface area contributed by atoms with Crippen LogP contribution < -0.4 is 15.8 Å². The van der Waals surface area contributed by atoms with E-state index in [1.54, 1.807) is 16.8 Å². The highest BCUT2D eigenvalue weighted by molar-refractivity contribution is 7.89. The Kier molecular flexibility index (Phi) is 5.44. The van der Waals surface area contributed by atoms with Crippen LogP contribution in [0.1, 0.15) is 5.56 Å². The fourth-order valence-electron chi connectivity index (χ4n) is 2.24. The predicted octanol–water partition coefficient (Wildman–Crippen LogP) is 1.92. The number of aromatic nitrogens is 3. The normalized spacial score (nSPS) is 11.2. The molecule has 0 aliphatic carbocycles. The second kappa shape index (κ2) is 7.78. The van der Waals surface area contributed by atoms with Crippen molar-refractivity contribution in [2.24, 2.45) is 5.14 Å². The molecular weight excluding hydrogens is 391 g/mol. The smallest absolute Gasteiger partial charge is 0.248 e. The minimum atomic E-state index is -3.74. The van der Waals surface area contributed by atoms with Crippen LogP contribution in [0.15, 0.2) is 59.8 Å². The molecule has 3 aromatic rings. The number of nitrogens with one attached hydrogen (secondary N) is 2. The molecular formula is C16H15FN6O2S2. The van der Waals surface area contributed by atoms with Gasteiger partial charge in [0.1, 0.15) is 12.1 Å². The molecule has 0 atom stereocenters. The average molecular weight is 406 g/mol. The first kappa shape index (κ1) is 18.9. The summed E-state index contributed by atoms with van der Waals surface area (Å²) >= 11 is 5.18. The summed E-state index contributed by atoms with van der Waals surface area (Å²) in [7, 11) is -3.74. The van der Waals surface area contributed by atoms with Crippen LogP contribution in [0.5, 0.6) is 0 Å². The summed E-state index contributed by atoms with van der Waals surface area (Å²) in [6, 6.07) is 12.0. The number of benzene rings is 2. The molecule has 0 unspecified atom stereocenters. The maximum absolute atomic E-state index is 13.2. The Morgan fingerprint density at radius 3 is 2.59 bits per heavy atom. The first-order chi connectivity index (χ1) is 12.8. The van der Waals surface area contributed by atoms with Gasteiger partial charge < -0.3 is 5.32 Å². The summed E-state index contributed by atoms with van der Waals surface area (Å²) in [5, 5.41) is 15.2. The maximum atomic E-state index is 13.2. The van der Waals surface area contributed by atoms with Crippen molar-refractivity contribution in [1.82, 2.24) is 14.8 Å². The first-order valence-corrected chi connectivity index (χ1v) is 9.60. The van der Waals surface area contributed by atoms with Gasteiger partial charge in [-0.15, -0.1) is 5.10 Å². The Morgan fingerprint density at radius 1 is 1.19 bits per heavy atom. The predicted molar refractivity (Wildman–Crippen MR) is 103 cm³/mol. The molecule has 0 spiro atoms. The Morgan fingerprint density at radius 2 is 1.93 bits per heavy atom. The number of rotatable bonds is 5. The molecule has 0 aliphatic heterocycles. The Labute approximate surface area is 160 Å². The molecule has 8 nitrogen and oxygen atoms in total. The highest BCUT2D eigenvalue weighted by atomic mass is 32.2. The van der Waals surface area contributed by atoms with Crippen LogP contribution in [0, 0.1) is 5.82 Å². The highest BCUT2D eigenvalue weighted by Gasteiger charge is 2.08. The van der Waals surface area contributed by atoms with E-state index in [2.05, 4.69) is 20.7 Å². The molecule has 2 aromatic carbocycles. The molecule has 0 fully saturated rings. The van der Waals surface area contributed by atoms with E-state index in [-0.39, 0.29) is 21.8 Å². The first-order valence-electron chi connectivity index (χ1n) is 7.64. The SMILES string of the molecule is NS(=O)(=O)c1ccc(NC(=S)Nc2ncn(Cc3cccc(F)c3)n2)cc1. The summed E-state index contributed by atoms with van der Waals surface area (Å²) in [6.45, 7) is 0.363. The van der Waals surface area contributed by atoms with Crippen LogP contribution in [0.25, 0.3) is 0 Å². The van der Waals surface area contributed by atoms with Crippen molar-refractivity contribution in [2.75, 3.05) is 10.6 Å². The van der Waals surface area contributed by atoms with Gasteiger partial charge in [0.15, 0.2) is 5.11 Å². The van der Waals surface area contributed by atoms with E-state index in [1.165, 1.54) is 42.7 Å². The van der Waals surface area contributed by atoms with Crippen LogP contribution in [0.3, 0.4) is 0 Å². The zero-order valence-electron chi connectivity index (χ0n) is 13.8. The van der Waals surface area contributed by atoms with Gasteiger partial charge in [0, 0.05) is 5.69 Å². The topological polar surface area (TPSA) is 115 Å². The molecule has 0 saturated heterocycles. The third-order valence-electron chi connectivity index (χ3n) is 3.44. The van der Waals surface area contributed by atoms with Crippen LogP contribution in [-0.2, 0) is 16.6 Å². The molecule has 3 rings (SSSR count). The Balaban J connectivity index is 1.59. The number of hydrogen-bond acceptors (Lipinski definition) is 5. The fraction of sp³-hybridized carbons (Fsp3) is 0.0625. The van der Waals surface area contributed by atoms with Crippen molar-refractivity contribution >= 4 is 39.0 Å². The van der Waals surface area contributed by atoms with E-state index < -0.39 is 10.0 Å². The lowest BCUT2D eigenvalue weighted by Crippen LogP contribution is -2.20. The van der Waals surface area contributed by atoms with Gasteiger partial charge in [-0.25, -0.2) is 27.6 Å². The number of sulfonamides is 1. The molecule has 4 N–H and O–H groups in total.